The van der Waals surface area contributed by atoms with Crippen LogP contribution in [0.25, 0.3) is 0 Å². The molecule has 0 radical (unpaired) electrons. The summed E-state index contributed by atoms with van der Waals surface area (Å²) < 4.78 is 0. The number of rotatable bonds is 6. The van der Waals surface area contributed by atoms with Crippen molar-refractivity contribution >= 4 is 23.6 Å². The number of nitrogens with zero attached hydrogens (tertiary/aromatic N) is 1. The Hall–Kier alpha value is -1.75. The minimum Gasteiger partial charge on any atom is -0.481 e. The number of halogens is 1. The molecule has 2 N–H and O–H groups in total. The number of hydrogen-bond donors (Lipinski definition) is 2. The summed E-state index contributed by atoms with van der Waals surface area (Å²) in [5.41, 5.74) is 0.870. The third-order valence-electron chi connectivity index (χ3n) is 3.42. The first-order valence-electron chi connectivity index (χ1n) is 6.82. The van der Waals surface area contributed by atoms with Gasteiger partial charge in [0.1, 0.15) is 0 Å². The maximum atomic E-state index is 12.1. The predicted octanol–water partition coefficient (Wildman–Crippen LogP) is 3.30. The van der Waals surface area contributed by atoms with Crippen LogP contribution in [0.5, 0.6) is 0 Å². The van der Waals surface area contributed by atoms with E-state index in [1.807, 2.05) is 25.1 Å². The Kier molecular flexibility index (Phi) is 6.49. The van der Waals surface area contributed by atoms with Crippen molar-refractivity contribution in [2.75, 3.05) is 7.05 Å². The van der Waals surface area contributed by atoms with Crippen molar-refractivity contribution in [3.05, 3.63) is 34.9 Å². The highest BCUT2D eigenvalue weighted by molar-refractivity contribution is 6.31. The van der Waals surface area contributed by atoms with E-state index in [2.05, 4.69) is 5.32 Å². The molecule has 21 heavy (non-hydrogen) atoms. The Balaban J connectivity index is 2.61. The van der Waals surface area contributed by atoms with Gasteiger partial charge in [-0.2, -0.15) is 0 Å². The summed E-state index contributed by atoms with van der Waals surface area (Å²) >= 11 is 6.13. The molecule has 0 saturated heterocycles. The highest BCUT2D eigenvalue weighted by atomic mass is 35.5. The van der Waals surface area contributed by atoms with Gasteiger partial charge in [0.05, 0.1) is 6.04 Å². The molecule has 1 aromatic rings. The lowest BCUT2D eigenvalue weighted by atomic mass is 10.1. The molecule has 116 valence electrons. The third-order valence-corrected chi connectivity index (χ3v) is 3.76. The Morgan fingerprint density at radius 3 is 2.52 bits per heavy atom. The van der Waals surface area contributed by atoms with Crippen LogP contribution in [0.15, 0.2) is 24.3 Å². The van der Waals surface area contributed by atoms with Crippen LogP contribution in [0.2, 0.25) is 5.02 Å². The van der Waals surface area contributed by atoms with Crippen molar-refractivity contribution < 1.29 is 14.7 Å². The maximum absolute atomic E-state index is 12.1. The molecule has 0 fully saturated rings. The zero-order chi connectivity index (χ0) is 16.0. The molecule has 0 bridgehead atoms. The fourth-order valence-corrected chi connectivity index (χ4v) is 2.22. The van der Waals surface area contributed by atoms with E-state index in [9.17, 15) is 9.59 Å². The number of carboxylic acids is 1. The molecule has 1 rings (SSSR count). The molecule has 0 aliphatic heterocycles. The number of aliphatic carboxylic acids is 1. The van der Waals surface area contributed by atoms with Crippen LogP contribution >= 0.6 is 11.6 Å². The second kappa shape index (κ2) is 7.88. The molecule has 5 nitrogen and oxygen atoms in total. The van der Waals surface area contributed by atoms with Crippen LogP contribution in [0.1, 0.15) is 38.3 Å². The van der Waals surface area contributed by atoms with E-state index in [0.717, 1.165) is 5.56 Å². The van der Waals surface area contributed by atoms with Gasteiger partial charge in [0, 0.05) is 24.5 Å². The van der Waals surface area contributed by atoms with E-state index in [0.29, 0.717) is 11.4 Å². The molecule has 6 heteroatoms. The lowest BCUT2D eigenvalue weighted by Gasteiger charge is -2.27. The summed E-state index contributed by atoms with van der Waals surface area (Å²) in [5, 5.41) is 12.0. The number of carbonyl (C=O) groups excluding carboxylic acids is 1. The molecule has 2 amide bonds. The number of amides is 2. The van der Waals surface area contributed by atoms with E-state index in [1.165, 1.54) is 0 Å². The van der Waals surface area contributed by atoms with Crippen LogP contribution in [0, 0.1) is 0 Å². The van der Waals surface area contributed by atoms with Gasteiger partial charge in [0.15, 0.2) is 0 Å². The number of carbonyl (C=O) groups is 2. The van der Waals surface area contributed by atoms with Gasteiger partial charge in [-0.3, -0.25) is 4.79 Å². The highest BCUT2D eigenvalue weighted by Crippen LogP contribution is 2.26. The van der Waals surface area contributed by atoms with Gasteiger partial charge in [-0.1, -0.05) is 29.8 Å². The monoisotopic (exact) mass is 312 g/mol. The normalized spacial score (nSPS) is 13.3. The smallest absolute Gasteiger partial charge is 0.317 e. The predicted molar refractivity (Wildman–Crippen MR) is 82.5 cm³/mol. The molecule has 2 unspecified atom stereocenters. The standard InChI is InChI=1S/C15H21ClN2O3/c1-10(8-9-14(19)20)17-15(21)18(3)11(2)12-6-4-5-7-13(12)16/h4-7,10-11H,8-9H2,1-3H3,(H,17,21)(H,19,20). The van der Waals surface area contributed by atoms with Gasteiger partial charge < -0.3 is 15.3 Å². The van der Waals surface area contributed by atoms with Crippen molar-refractivity contribution in [2.45, 2.75) is 38.8 Å². The average Bonchev–Trinajstić information content (AvgIpc) is 2.44. The van der Waals surface area contributed by atoms with Crippen molar-refractivity contribution in [3.63, 3.8) is 0 Å². The van der Waals surface area contributed by atoms with E-state index in [-0.39, 0.29) is 24.5 Å². The first-order valence-corrected chi connectivity index (χ1v) is 7.20. The quantitative estimate of drug-likeness (QED) is 0.846. The van der Waals surface area contributed by atoms with Gasteiger partial charge in [-0.15, -0.1) is 0 Å². The number of nitrogens with one attached hydrogen (secondary N) is 1. The summed E-state index contributed by atoms with van der Waals surface area (Å²) in [6, 6.07) is 6.75. The number of hydrogen-bond acceptors (Lipinski definition) is 2. The van der Waals surface area contributed by atoms with E-state index < -0.39 is 5.97 Å². The van der Waals surface area contributed by atoms with Crippen molar-refractivity contribution in [3.8, 4) is 0 Å². The van der Waals surface area contributed by atoms with E-state index in [4.69, 9.17) is 16.7 Å². The zero-order valence-electron chi connectivity index (χ0n) is 12.5. The van der Waals surface area contributed by atoms with Crippen molar-refractivity contribution in [1.82, 2.24) is 10.2 Å². The van der Waals surface area contributed by atoms with Gasteiger partial charge in [-0.25, -0.2) is 4.79 Å². The number of urea groups is 1. The molecular weight excluding hydrogens is 292 g/mol. The maximum Gasteiger partial charge on any atom is 0.317 e. The summed E-state index contributed by atoms with van der Waals surface area (Å²) in [7, 11) is 1.69. The Morgan fingerprint density at radius 2 is 1.95 bits per heavy atom. The molecule has 2 atom stereocenters. The van der Waals surface area contributed by atoms with Gasteiger partial charge in [0.25, 0.3) is 0 Å². The lowest BCUT2D eigenvalue weighted by Crippen LogP contribution is -2.43. The van der Waals surface area contributed by atoms with Crippen LogP contribution < -0.4 is 5.32 Å². The van der Waals surface area contributed by atoms with E-state index in [1.54, 1.807) is 24.9 Å². The van der Waals surface area contributed by atoms with Gasteiger partial charge in [0.2, 0.25) is 0 Å². The molecule has 0 aliphatic rings. The second-order valence-corrected chi connectivity index (χ2v) is 5.50. The Bertz CT molecular complexity index is 507. The lowest BCUT2D eigenvalue weighted by molar-refractivity contribution is -0.137. The molecule has 0 spiro atoms. The minimum absolute atomic E-state index is 0.0330. The molecule has 0 saturated carbocycles. The van der Waals surface area contributed by atoms with Gasteiger partial charge in [-0.05, 0) is 31.9 Å². The Labute approximate surface area is 129 Å². The third kappa shape index (κ3) is 5.27. The summed E-state index contributed by atoms with van der Waals surface area (Å²) in [6.45, 7) is 3.68. The van der Waals surface area contributed by atoms with Gasteiger partial charge >= 0.3 is 12.0 Å². The summed E-state index contributed by atoms with van der Waals surface area (Å²) in [6.07, 6.45) is 0.431. The topological polar surface area (TPSA) is 69.6 Å². The van der Waals surface area contributed by atoms with Crippen LogP contribution in [-0.2, 0) is 4.79 Å². The van der Waals surface area contributed by atoms with E-state index >= 15 is 0 Å². The van der Waals surface area contributed by atoms with Crippen molar-refractivity contribution in [1.29, 1.82) is 0 Å². The first-order chi connectivity index (χ1) is 9.82. The molecule has 0 aliphatic carbocycles. The van der Waals surface area contributed by atoms with Crippen LogP contribution in [0.3, 0.4) is 0 Å². The minimum atomic E-state index is -0.867. The molecule has 1 aromatic carbocycles. The largest absolute Gasteiger partial charge is 0.481 e. The molecule has 0 aromatic heterocycles. The zero-order valence-corrected chi connectivity index (χ0v) is 13.2. The summed E-state index contributed by atoms with van der Waals surface area (Å²) in [5.74, 6) is -0.867. The Morgan fingerprint density at radius 1 is 1.33 bits per heavy atom. The average molecular weight is 313 g/mol. The SMILES string of the molecule is CC(CCC(=O)O)NC(=O)N(C)C(C)c1ccccc1Cl. The highest BCUT2D eigenvalue weighted by Gasteiger charge is 2.20. The fraction of sp³-hybridized carbons (Fsp3) is 0.467. The van der Waals surface area contributed by atoms with Crippen LogP contribution in [0.4, 0.5) is 4.79 Å². The fourth-order valence-electron chi connectivity index (χ4n) is 1.92. The molecular formula is C15H21ClN2O3. The first kappa shape index (κ1) is 17.3. The summed E-state index contributed by atoms with van der Waals surface area (Å²) in [4.78, 5) is 24.2. The molecule has 0 heterocycles. The number of benzene rings is 1. The second-order valence-electron chi connectivity index (χ2n) is 5.09. The number of carboxylic acid groups (broad SMARTS) is 1. The van der Waals surface area contributed by atoms with Crippen LogP contribution in [-0.4, -0.2) is 35.1 Å². The van der Waals surface area contributed by atoms with Crippen molar-refractivity contribution in [2.24, 2.45) is 0 Å².